The van der Waals surface area contributed by atoms with Crippen molar-refractivity contribution >= 4 is 17.8 Å². The van der Waals surface area contributed by atoms with Gasteiger partial charge in [-0.1, -0.05) is 67.4 Å². The molecule has 0 radical (unpaired) electrons. The molecule has 2 amide bonds. The first-order valence-corrected chi connectivity index (χ1v) is 13.5. The van der Waals surface area contributed by atoms with Crippen LogP contribution in [-0.2, 0) is 19.1 Å². The Hall–Kier alpha value is -1.89. The van der Waals surface area contributed by atoms with Crippen molar-refractivity contribution in [2.45, 2.75) is 119 Å². The molecule has 0 bridgehead atoms. The van der Waals surface area contributed by atoms with Crippen LogP contribution in [0.15, 0.2) is 11.6 Å². The standard InChI is InChI=1S/C25H45N3O4.C3H8/c1-9-19(10-2)28-16-13-12-14-20(28)22(29)26-21(25(5,6)7)23(30)27(8)17-15-18(4)24(31)32-11-3;1-3-2/h15,19-21H,9-14,16-17H2,1-8H3,(H,26,29);3H2,1-2H3/b18-15+;/t20-,21?;/m1./s1. The van der Waals surface area contributed by atoms with Crippen LogP contribution in [0.5, 0.6) is 0 Å². The molecule has 0 spiro atoms. The van der Waals surface area contributed by atoms with Gasteiger partial charge in [0.15, 0.2) is 0 Å². The number of ether oxygens (including phenoxy) is 1. The van der Waals surface area contributed by atoms with E-state index in [1.807, 2.05) is 20.8 Å². The molecular weight excluding hydrogens is 442 g/mol. The van der Waals surface area contributed by atoms with Crippen LogP contribution < -0.4 is 5.32 Å². The van der Waals surface area contributed by atoms with Crippen molar-refractivity contribution in [2.24, 2.45) is 5.41 Å². The summed E-state index contributed by atoms with van der Waals surface area (Å²) in [5.74, 6) is -0.604. The molecule has 7 heteroatoms. The Kier molecular flexibility index (Phi) is 15.8. The average molecular weight is 496 g/mol. The van der Waals surface area contributed by atoms with E-state index in [0.717, 1.165) is 38.6 Å². The number of nitrogens with one attached hydrogen (secondary N) is 1. The SMILES string of the molecule is CCC.CCOC(=O)/C(C)=C/CN(C)C(=O)C(NC(=O)[C@H]1CCCCN1C(CC)CC)C(C)(C)C. The van der Waals surface area contributed by atoms with Crippen LogP contribution in [0.2, 0.25) is 0 Å². The zero-order chi connectivity index (χ0) is 27.2. The molecule has 0 aromatic carbocycles. The maximum absolute atomic E-state index is 13.4. The van der Waals surface area contributed by atoms with Gasteiger partial charge in [-0.15, -0.1) is 0 Å². The van der Waals surface area contributed by atoms with Crippen molar-refractivity contribution in [1.82, 2.24) is 15.1 Å². The summed E-state index contributed by atoms with van der Waals surface area (Å²) in [6.07, 6.45) is 7.92. The molecule has 1 saturated heterocycles. The molecule has 1 rings (SSSR count). The maximum atomic E-state index is 13.4. The van der Waals surface area contributed by atoms with E-state index in [0.29, 0.717) is 18.2 Å². The van der Waals surface area contributed by atoms with Crippen LogP contribution in [0, 0.1) is 5.41 Å². The van der Waals surface area contributed by atoms with Crippen LogP contribution >= 0.6 is 0 Å². The fraction of sp³-hybridized carbons (Fsp3) is 0.821. The Labute approximate surface area is 215 Å². The second kappa shape index (κ2) is 16.7. The van der Waals surface area contributed by atoms with Crippen molar-refractivity contribution in [3.8, 4) is 0 Å². The number of piperidine rings is 1. The van der Waals surface area contributed by atoms with Crippen molar-refractivity contribution in [3.63, 3.8) is 0 Å². The number of likely N-dealkylation sites (N-methyl/N-ethyl adjacent to an activating group) is 1. The minimum Gasteiger partial charge on any atom is -0.463 e. The van der Waals surface area contributed by atoms with Crippen LogP contribution in [0.25, 0.3) is 0 Å². The van der Waals surface area contributed by atoms with Crippen molar-refractivity contribution in [3.05, 3.63) is 11.6 Å². The van der Waals surface area contributed by atoms with Gasteiger partial charge in [0.05, 0.1) is 12.6 Å². The zero-order valence-corrected chi connectivity index (χ0v) is 24.2. The Bertz CT molecular complexity index is 680. The van der Waals surface area contributed by atoms with Crippen LogP contribution in [-0.4, -0.2) is 72.5 Å². The Morgan fingerprint density at radius 2 is 1.66 bits per heavy atom. The highest BCUT2D eigenvalue weighted by Crippen LogP contribution is 2.25. The summed E-state index contributed by atoms with van der Waals surface area (Å²) < 4.78 is 4.99. The molecule has 1 unspecified atom stereocenters. The highest BCUT2D eigenvalue weighted by atomic mass is 16.5. The van der Waals surface area contributed by atoms with Crippen molar-refractivity contribution in [2.75, 3.05) is 26.7 Å². The van der Waals surface area contributed by atoms with Crippen molar-refractivity contribution < 1.29 is 19.1 Å². The molecule has 0 aromatic rings. The average Bonchev–Trinajstić information content (AvgIpc) is 2.81. The molecule has 1 aliphatic heterocycles. The molecule has 0 aliphatic carbocycles. The smallest absolute Gasteiger partial charge is 0.333 e. The van der Waals surface area contributed by atoms with E-state index in [2.05, 4.69) is 37.9 Å². The van der Waals surface area contributed by atoms with E-state index in [-0.39, 0.29) is 30.4 Å². The number of amides is 2. The third-order valence-corrected chi connectivity index (χ3v) is 6.30. The number of esters is 1. The van der Waals surface area contributed by atoms with E-state index in [4.69, 9.17) is 4.74 Å². The lowest BCUT2D eigenvalue weighted by atomic mass is 9.85. The predicted molar refractivity (Wildman–Crippen MR) is 144 cm³/mol. The minimum absolute atomic E-state index is 0.0588. The molecule has 1 heterocycles. The van der Waals surface area contributed by atoms with Crippen LogP contribution in [0.3, 0.4) is 0 Å². The first kappa shape index (κ1) is 33.1. The summed E-state index contributed by atoms with van der Waals surface area (Å²) >= 11 is 0. The molecule has 0 saturated carbocycles. The topological polar surface area (TPSA) is 79.0 Å². The van der Waals surface area contributed by atoms with Crippen LogP contribution in [0.1, 0.15) is 101 Å². The molecule has 204 valence electrons. The number of rotatable bonds is 10. The molecule has 2 atom stereocenters. The minimum atomic E-state index is -0.651. The van der Waals surface area contributed by atoms with Gasteiger partial charge in [-0.25, -0.2) is 4.79 Å². The Morgan fingerprint density at radius 1 is 1.09 bits per heavy atom. The molecule has 1 aliphatic rings. The summed E-state index contributed by atoms with van der Waals surface area (Å²) in [5, 5.41) is 3.09. The summed E-state index contributed by atoms with van der Waals surface area (Å²) in [7, 11) is 1.69. The summed E-state index contributed by atoms with van der Waals surface area (Å²) in [6, 6.07) is -0.460. The van der Waals surface area contributed by atoms with Crippen molar-refractivity contribution in [1.29, 1.82) is 0 Å². The van der Waals surface area contributed by atoms with E-state index in [9.17, 15) is 14.4 Å². The molecule has 7 nitrogen and oxygen atoms in total. The van der Waals surface area contributed by atoms with Gasteiger partial charge in [0, 0.05) is 25.2 Å². The fourth-order valence-corrected chi connectivity index (χ4v) is 4.23. The van der Waals surface area contributed by atoms with Gasteiger partial charge in [-0.05, 0) is 51.5 Å². The number of carbonyl (C=O) groups excluding carboxylic acids is 3. The largest absolute Gasteiger partial charge is 0.463 e. The molecule has 35 heavy (non-hydrogen) atoms. The lowest BCUT2D eigenvalue weighted by molar-refractivity contribution is -0.140. The zero-order valence-electron chi connectivity index (χ0n) is 24.2. The van der Waals surface area contributed by atoms with Gasteiger partial charge in [-0.2, -0.15) is 0 Å². The Morgan fingerprint density at radius 3 is 2.14 bits per heavy atom. The van der Waals surface area contributed by atoms with E-state index >= 15 is 0 Å². The molecular formula is C28H53N3O4. The third kappa shape index (κ3) is 11.1. The first-order valence-electron chi connectivity index (χ1n) is 13.5. The summed E-state index contributed by atoms with van der Waals surface area (Å²) in [6.45, 7) is 19.4. The van der Waals surface area contributed by atoms with E-state index in [1.54, 1.807) is 31.9 Å². The van der Waals surface area contributed by atoms with Gasteiger partial charge in [0.1, 0.15) is 6.04 Å². The molecule has 1 fully saturated rings. The number of carbonyl (C=O) groups is 3. The maximum Gasteiger partial charge on any atom is 0.333 e. The number of likely N-dealkylation sites (tertiary alicyclic amines) is 1. The quantitative estimate of drug-likeness (QED) is 0.343. The van der Waals surface area contributed by atoms with E-state index in [1.165, 1.54) is 6.42 Å². The van der Waals surface area contributed by atoms with Gasteiger partial charge in [-0.3, -0.25) is 14.5 Å². The first-order chi connectivity index (χ1) is 16.4. The number of nitrogens with zero attached hydrogens (tertiary/aromatic N) is 2. The van der Waals surface area contributed by atoms with Gasteiger partial charge >= 0.3 is 5.97 Å². The Balaban J connectivity index is 0.00000365. The highest BCUT2D eigenvalue weighted by molar-refractivity contribution is 5.91. The summed E-state index contributed by atoms with van der Waals surface area (Å²) in [5.41, 5.74) is 0.0147. The second-order valence-corrected chi connectivity index (χ2v) is 10.6. The predicted octanol–water partition coefficient (Wildman–Crippen LogP) is 4.94. The van der Waals surface area contributed by atoms with E-state index < -0.39 is 11.5 Å². The molecule has 1 N–H and O–H groups in total. The van der Waals surface area contributed by atoms with Crippen LogP contribution in [0.4, 0.5) is 0 Å². The second-order valence-electron chi connectivity index (χ2n) is 10.6. The van der Waals surface area contributed by atoms with Gasteiger partial charge in [0.2, 0.25) is 11.8 Å². The number of hydrogen-bond donors (Lipinski definition) is 1. The normalized spacial score (nSPS) is 17.8. The lowest BCUT2D eigenvalue weighted by Gasteiger charge is -2.41. The third-order valence-electron chi connectivity index (χ3n) is 6.30. The monoisotopic (exact) mass is 495 g/mol. The fourth-order valence-electron chi connectivity index (χ4n) is 4.23. The number of hydrogen-bond acceptors (Lipinski definition) is 5. The highest BCUT2D eigenvalue weighted by Gasteiger charge is 2.38. The lowest BCUT2D eigenvalue weighted by Crippen LogP contribution is -2.60. The summed E-state index contributed by atoms with van der Waals surface area (Å²) in [4.78, 5) is 42.4. The van der Waals surface area contributed by atoms with Gasteiger partial charge < -0.3 is 15.0 Å². The van der Waals surface area contributed by atoms with Gasteiger partial charge in [0.25, 0.3) is 0 Å². The molecule has 0 aromatic heterocycles.